The molecular weight excluding hydrogens is 250 g/mol. The zero-order valence-corrected chi connectivity index (χ0v) is 12.0. The average Bonchev–Trinajstić information content (AvgIpc) is 2.38. The molecule has 0 bridgehead atoms. The fourth-order valence-corrected chi connectivity index (χ4v) is 2.21. The molecule has 0 spiro atoms. The van der Waals surface area contributed by atoms with E-state index in [4.69, 9.17) is 9.47 Å². The van der Waals surface area contributed by atoms with Crippen LogP contribution in [0.2, 0.25) is 0 Å². The smallest absolute Gasteiger partial charge is 0.339 e. The molecule has 1 unspecified atom stereocenters. The van der Waals surface area contributed by atoms with Crippen molar-refractivity contribution >= 4 is 23.4 Å². The van der Waals surface area contributed by atoms with Gasteiger partial charge in [0, 0.05) is 23.7 Å². The topological polar surface area (TPSA) is 47.6 Å². The van der Waals surface area contributed by atoms with Crippen LogP contribution in [-0.2, 0) is 9.47 Å². The van der Waals surface area contributed by atoms with Crippen LogP contribution in [0.25, 0.3) is 0 Å². The quantitative estimate of drug-likeness (QED) is 0.635. The first-order valence-electron chi connectivity index (χ1n) is 5.64. The summed E-state index contributed by atoms with van der Waals surface area (Å²) in [6, 6.07) is 5.85. The van der Waals surface area contributed by atoms with E-state index < -0.39 is 0 Å². The van der Waals surface area contributed by atoms with E-state index in [2.05, 4.69) is 5.32 Å². The van der Waals surface area contributed by atoms with Gasteiger partial charge in [-0.1, -0.05) is 0 Å². The number of carbonyl (C=O) groups excluding carboxylic acids is 1. The van der Waals surface area contributed by atoms with Crippen LogP contribution >= 0.6 is 11.8 Å². The lowest BCUT2D eigenvalue weighted by Gasteiger charge is -2.15. The molecule has 0 fully saturated rings. The number of esters is 1. The molecule has 0 aliphatic rings. The van der Waals surface area contributed by atoms with E-state index in [0.717, 1.165) is 10.6 Å². The predicted octanol–water partition coefficient (Wildman–Crippen LogP) is 2.64. The second-order valence-corrected chi connectivity index (χ2v) is 4.76. The molecule has 0 aliphatic carbocycles. The standard InChI is InChI=1S/C13H19NO3S/c1-9(8-16-2)14-10-5-6-12(18-4)11(7-10)13(15)17-3/h5-7,9,14H,8H2,1-4H3. The molecule has 1 aromatic rings. The predicted molar refractivity (Wildman–Crippen MR) is 74.5 cm³/mol. The Hall–Kier alpha value is -1.20. The normalized spacial score (nSPS) is 12.0. The minimum atomic E-state index is -0.317. The van der Waals surface area contributed by atoms with Gasteiger partial charge in [0.15, 0.2) is 0 Å². The van der Waals surface area contributed by atoms with E-state index in [9.17, 15) is 4.79 Å². The maximum Gasteiger partial charge on any atom is 0.339 e. The summed E-state index contributed by atoms with van der Waals surface area (Å²) in [4.78, 5) is 12.6. The Labute approximate surface area is 112 Å². The first-order chi connectivity index (χ1) is 8.62. The highest BCUT2D eigenvalue weighted by atomic mass is 32.2. The molecule has 5 heteroatoms. The lowest BCUT2D eigenvalue weighted by Crippen LogP contribution is -2.21. The molecule has 1 N–H and O–H groups in total. The Morgan fingerprint density at radius 3 is 2.72 bits per heavy atom. The van der Waals surface area contributed by atoms with Gasteiger partial charge < -0.3 is 14.8 Å². The minimum Gasteiger partial charge on any atom is -0.465 e. The molecule has 0 saturated heterocycles. The number of hydrogen-bond acceptors (Lipinski definition) is 5. The summed E-state index contributed by atoms with van der Waals surface area (Å²) in [6.07, 6.45) is 1.93. The van der Waals surface area contributed by atoms with Crippen molar-refractivity contribution in [1.29, 1.82) is 0 Å². The van der Waals surface area contributed by atoms with Crippen LogP contribution in [0.3, 0.4) is 0 Å². The van der Waals surface area contributed by atoms with Gasteiger partial charge in [-0.15, -0.1) is 11.8 Å². The SMILES string of the molecule is COCC(C)Nc1ccc(SC)c(C(=O)OC)c1. The fraction of sp³-hybridized carbons (Fsp3) is 0.462. The van der Waals surface area contributed by atoms with Crippen molar-refractivity contribution in [3.63, 3.8) is 0 Å². The third-order valence-corrected chi connectivity index (χ3v) is 3.23. The molecular formula is C13H19NO3S. The first-order valence-corrected chi connectivity index (χ1v) is 6.86. The van der Waals surface area contributed by atoms with Crippen molar-refractivity contribution in [2.24, 2.45) is 0 Å². The van der Waals surface area contributed by atoms with Crippen LogP contribution in [0, 0.1) is 0 Å². The number of rotatable bonds is 6. The average molecular weight is 269 g/mol. The minimum absolute atomic E-state index is 0.181. The van der Waals surface area contributed by atoms with E-state index in [1.54, 1.807) is 7.11 Å². The summed E-state index contributed by atoms with van der Waals surface area (Å²) in [5.41, 5.74) is 1.47. The molecule has 100 valence electrons. The van der Waals surface area contributed by atoms with Crippen molar-refractivity contribution < 1.29 is 14.3 Å². The van der Waals surface area contributed by atoms with Crippen molar-refractivity contribution in [1.82, 2.24) is 0 Å². The lowest BCUT2D eigenvalue weighted by molar-refractivity contribution is 0.0597. The van der Waals surface area contributed by atoms with Crippen LogP contribution < -0.4 is 5.32 Å². The molecule has 1 aromatic carbocycles. The Kier molecular flexibility index (Phi) is 6.01. The highest BCUT2D eigenvalue weighted by Crippen LogP contribution is 2.24. The number of anilines is 1. The maximum atomic E-state index is 11.7. The molecule has 4 nitrogen and oxygen atoms in total. The molecule has 0 aliphatic heterocycles. The van der Waals surface area contributed by atoms with Crippen molar-refractivity contribution in [3.05, 3.63) is 23.8 Å². The highest BCUT2D eigenvalue weighted by molar-refractivity contribution is 7.98. The van der Waals surface area contributed by atoms with Gasteiger partial charge in [0.1, 0.15) is 0 Å². The Bertz CT molecular complexity index is 409. The van der Waals surface area contributed by atoms with Gasteiger partial charge in [0.25, 0.3) is 0 Å². The number of ether oxygens (including phenoxy) is 2. The molecule has 0 amide bonds. The van der Waals surface area contributed by atoms with Crippen molar-refractivity contribution in [3.8, 4) is 0 Å². The number of methoxy groups -OCH3 is 2. The third kappa shape index (κ3) is 3.92. The van der Waals surface area contributed by atoms with Gasteiger partial charge in [-0.05, 0) is 31.4 Å². The van der Waals surface area contributed by atoms with Crippen LogP contribution in [0.5, 0.6) is 0 Å². The number of nitrogens with one attached hydrogen (secondary N) is 1. The van der Waals surface area contributed by atoms with Gasteiger partial charge in [0.2, 0.25) is 0 Å². The fourth-order valence-electron chi connectivity index (χ4n) is 1.64. The van der Waals surface area contributed by atoms with E-state index >= 15 is 0 Å². The summed E-state index contributed by atoms with van der Waals surface area (Å²) in [7, 11) is 3.05. The van der Waals surface area contributed by atoms with Gasteiger partial charge in [0.05, 0.1) is 19.3 Å². The summed E-state index contributed by atoms with van der Waals surface area (Å²) < 4.78 is 9.84. The Balaban J connectivity index is 2.92. The Morgan fingerprint density at radius 1 is 1.44 bits per heavy atom. The van der Waals surface area contributed by atoms with Crippen LogP contribution in [0.15, 0.2) is 23.1 Å². The molecule has 0 saturated carbocycles. The van der Waals surface area contributed by atoms with Crippen LogP contribution in [0.1, 0.15) is 17.3 Å². The zero-order chi connectivity index (χ0) is 13.5. The monoisotopic (exact) mass is 269 g/mol. The van der Waals surface area contributed by atoms with E-state index in [0.29, 0.717) is 12.2 Å². The van der Waals surface area contributed by atoms with Gasteiger partial charge in [-0.2, -0.15) is 0 Å². The second kappa shape index (κ2) is 7.28. The molecule has 0 radical (unpaired) electrons. The van der Waals surface area contributed by atoms with E-state index in [1.165, 1.54) is 18.9 Å². The van der Waals surface area contributed by atoms with Crippen LogP contribution in [0.4, 0.5) is 5.69 Å². The maximum absolute atomic E-state index is 11.7. The number of carbonyl (C=O) groups is 1. The molecule has 1 rings (SSSR count). The molecule has 0 aromatic heterocycles. The highest BCUT2D eigenvalue weighted by Gasteiger charge is 2.12. The summed E-state index contributed by atoms with van der Waals surface area (Å²) in [5, 5.41) is 3.27. The van der Waals surface area contributed by atoms with E-state index in [-0.39, 0.29) is 12.0 Å². The summed E-state index contributed by atoms with van der Waals surface area (Å²) in [6.45, 7) is 2.63. The third-order valence-electron chi connectivity index (χ3n) is 2.43. The molecule has 18 heavy (non-hydrogen) atoms. The number of hydrogen-bond donors (Lipinski definition) is 1. The second-order valence-electron chi connectivity index (χ2n) is 3.91. The molecule has 0 heterocycles. The number of benzene rings is 1. The lowest BCUT2D eigenvalue weighted by atomic mass is 10.2. The largest absolute Gasteiger partial charge is 0.465 e. The Morgan fingerprint density at radius 2 is 2.17 bits per heavy atom. The van der Waals surface area contributed by atoms with Gasteiger partial charge >= 0.3 is 5.97 Å². The molecule has 1 atom stereocenters. The summed E-state index contributed by atoms with van der Waals surface area (Å²) in [5.74, 6) is -0.317. The van der Waals surface area contributed by atoms with E-state index in [1.807, 2.05) is 31.4 Å². The van der Waals surface area contributed by atoms with Gasteiger partial charge in [-0.3, -0.25) is 0 Å². The zero-order valence-electron chi connectivity index (χ0n) is 11.1. The first kappa shape index (κ1) is 14.9. The summed E-state index contributed by atoms with van der Waals surface area (Å²) >= 11 is 1.52. The number of thioether (sulfide) groups is 1. The van der Waals surface area contributed by atoms with Crippen LogP contribution in [-0.4, -0.2) is 39.1 Å². The van der Waals surface area contributed by atoms with Crippen molar-refractivity contribution in [2.45, 2.75) is 17.9 Å². The van der Waals surface area contributed by atoms with Crippen molar-refractivity contribution in [2.75, 3.05) is 32.4 Å². The van der Waals surface area contributed by atoms with Gasteiger partial charge in [-0.25, -0.2) is 4.79 Å².